The summed E-state index contributed by atoms with van der Waals surface area (Å²) in [6, 6.07) is 4.46. The van der Waals surface area contributed by atoms with Crippen LogP contribution < -0.4 is 10.1 Å². The van der Waals surface area contributed by atoms with Crippen molar-refractivity contribution in [2.24, 2.45) is 0 Å². The van der Waals surface area contributed by atoms with Crippen LogP contribution in [0.2, 0.25) is 0 Å². The second-order valence-corrected chi connectivity index (χ2v) is 6.72. The largest absolute Gasteiger partial charge is 0.489 e. The summed E-state index contributed by atoms with van der Waals surface area (Å²) in [5.74, 6) is -0.359. The van der Waals surface area contributed by atoms with Gasteiger partial charge in [-0.2, -0.15) is 0 Å². The number of amides is 1. The van der Waals surface area contributed by atoms with Crippen LogP contribution in [0.3, 0.4) is 0 Å². The van der Waals surface area contributed by atoms with Crippen molar-refractivity contribution in [1.29, 1.82) is 0 Å². The molecular weight excluding hydrogens is 323 g/mol. The smallest absolute Gasteiger partial charge is 0.254 e. The molecular formula is C19H27FN2O3. The van der Waals surface area contributed by atoms with Crippen molar-refractivity contribution in [3.8, 4) is 5.75 Å². The summed E-state index contributed by atoms with van der Waals surface area (Å²) in [6.07, 6.45) is 4.96. The third-order valence-corrected chi connectivity index (χ3v) is 5.10. The normalized spacial score (nSPS) is 25.7. The van der Waals surface area contributed by atoms with Crippen molar-refractivity contribution in [1.82, 2.24) is 10.2 Å². The van der Waals surface area contributed by atoms with Crippen molar-refractivity contribution in [2.45, 2.75) is 44.2 Å². The van der Waals surface area contributed by atoms with Gasteiger partial charge in [0, 0.05) is 25.8 Å². The van der Waals surface area contributed by atoms with Gasteiger partial charge in [-0.15, -0.1) is 0 Å². The van der Waals surface area contributed by atoms with Crippen molar-refractivity contribution in [2.75, 3.05) is 33.4 Å². The molecule has 138 valence electrons. The highest BCUT2D eigenvalue weighted by atomic mass is 19.1. The molecule has 6 heteroatoms. The Morgan fingerprint density at radius 1 is 1.24 bits per heavy atom. The standard InChI is InChI=1S/C19H27FN2O3/c1-24-17-6-4-11-22-16(17)5-2-3-9-21-10-12-25-18-13-14(19(22)23)7-8-15(18)20/h7-8,13,16-17,21H,2-6,9-12H2,1H3/t16-,17-/m1/s1. The lowest BCUT2D eigenvalue weighted by atomic mass is 9.93. The molecule has 2 aliphatic heterocycles. The number of fused-ring (bicyclic) bond motifs is 3. The zero-order valence-electron chi connectivity index (χ0n) is 14.8. The number of rotatable bonds is 1. The van der Waals surface area contributed by atoms with Gasteiger partial charge < -0.3 is 19.7 Å². The number of methoxy groups -OCH3 is 1. The molecule has 0 saturated carbocycles. The van der Waals surface area contributed by atoms with Gasteiger partial charge >= 0.3 is 0 Å². The fourth-order valence-electron chi connectivity index (χ4n) is 3.77. The molecule has 0 spiro atoms. The predicted molar refractivity (Wildman–Crippen MR) is 93.5 cm³/mol. The number of hydrogen-bond donors (Lipinski definition) is 1. The fraction of sp³-hybridized carbons (Fsp3) is 0.632. The summed E-state index contributed by atoms with van der Waals surface area (Å²) >= 11 is 0. The Kier molecular flexibility index (Phi) is 6.26. The van der Waals surface area contributed by atoms with Gasteiger partial charge in [0.15, 0.2) is 11.6 Å². The molecule has 2 atom stereocenters. The molecule has 1 N–H and O–H groups in total. The fourth-order valence-corrected chi connectivity index (χ4v) is 3.77. The number of ether oxygens (including phenoxy) is 2. The number of carbonyl (C=O) groups excluding carboxylic acids is 1. The van der Waals surface area contributed by atoms with Crippen LogP contribution in [0.25, 0.3) is 0 Å². The van der Waals surface area contributed by atoms with Crippen molar-refractivity contribution >= 4 is 5.91 Å². The van der Waals surface area contributed by atoms with Crippen LogP contribution >= 0.6 is 0 Å². The van der Waals surface area contributed by atoms with E-state index in [1.807, 2.05) is 4.90 Å². The molecule has 1 aromatic rings. The van der Waals surface area contributed by atoms with Crippen LogP contribution in [0, 0.1) is 5.82 Å². The molecule has 2 heterocycles. The van der Waals surface area contributed by atoms with Gasteiger partial charge in [0.1, 0.15) is 6.61 Å². The number of nitrogens with one attached hydrogen (secondary N) is 1. The van der Waals surface area contributed by atoms with Crippen LogP contribution in [0.15, 0.2) is 18.2 Å². The predicted octanol–water partition coefficient (Wildman–Crippen LogP) is 2.60. The van der Waals surface area contributed by atoms with E-state index in [1.165, 1.54) is 12.1 Å². The van der Waals surface area contributed by atoms with E-state index < -0.39 is 5.82 Å². The Labute approximate surface area is 148 Å². The molecule has 1 fully saturated rings. The summed E-state index contributed by atoms with van der Waals surface area (Å²) in [5, 5.41) is 3.31. The molecule has 0 aromatic heterocycles. The molecule has 0 unspecified atom stereocenters. The quantitative estimate of drug-likeness (QED) is 0.846. The maximum atomic E-state index is 14.0. The molecule has 5 nitrogen and oxygen atoms in total. The Morgan fingerprint density at radius 2 is 2.12 bits per heavy atom. The minimum atomic E-state index is -0.436. The van der Waals surface area contributed by atoms with Gasteiger partial charge in [0.05, 0.1) is 12.1 Å². The van der Waals surface area contributed by atoms with E-state index in [1.54, 1.807) is 13.2 Å². The maximum absolute atomic E-state index is 14.0. The van der Waals surface area contributed by atoms with Crippen molar-refractivity contribution < 1.29 is 18.7 Å². The molecule has 1 saturated heterocycles. The van der Waals surface area contributed by atoms with Crippen LogP contribution in [-0.2, 0) is 4.74 Å². The first-order chi connectivity index (χ1) is 12.2. The van der Waals surface area contributed by atoms with Gasteiger partial charge in [-0.25, -0.2) is 4.39 Å². The minimum Gasteiger partial charge on any atom is -0.489 e. The average molecular weight is 350 g/mol. The maximum Gasteiger partial charge on any atom is 0.254 e. The van der Waals surface area contributed by atoms with Crippen molar-refractivity contribution in [3.63, 3.8) is 0 Å². The number of halogens is 1. The number of piperidine rings is 1. The molecule has 1 aromatic carbocycles. The van der Waals surface area contributed by atoms with Crippen LogP contribution in [0.5, 0.6) is 5.75 Å². The lowest BCUT2D eigenvalue weighted by Gasteiger charge is -2.41. The lowest BCUT2D eigenvalue weighted by molar-refractivity contribution is -0.0154. The number of nitrogens with zero attached hydrogens (tertiary/aromatic N) is 1. The van der Waals surface area contributed by atoms with Gasteiger partial charge in [0.2, 0.25) is 0 Å². The number of carbonyl (C=O) groups is 1. The minimum absolute atomic E-state index is 0.0632. The van der Waals surface area contributed by atoms with Gasteiger partial charge in [-0.05, 0) is 50.4 Å². The molecule has 0 radical (unpaired) electrons. The van der Waals surface area contributed by atoms with Crippen LogP contribution in [0.4, 0.5) is 4.39 Å². The third kappa shape index (κ3) is 4.30. The third-order valence-electron chi connectivity index (χ3n) is 5.10. The Morgan fingerprint density at radius 3 is 2.96 bits per heavy atom. The number of benzene rings is 1. The second-order valence-electron chi connectivity index (χ2n) is 6.72. The van der Waals surface area contributed by atoms with Gasteiger partial charge in [0.25, 0.3) is 5.91 Å². The summed E-state index contributed by atoms with van der Waals surface area (Å²) in [4.78, 5) is 15.0. The highest BCUT2D eigenvalue weighted by Crippen LogP contribution is 2.27. The molecule has 2 bridgehead atoms. The van der Waals surface area contributed by atoms with E-state index in [-0.39, 0.29) is 23.8 Å². The second kappa shape index (κ2) is 8.63. The monoisotopic (exact) mass is 350 g/mol. The summed E-state index contributed by atoms with van der Waals surface area (Å²) < 4.78 is 25.1. The van der Waals surface area contributed by atoms with Crippen LogP contribution in [0.1, 0.15) is 42.5 Å². The van der Waals surface area contributed by atoms with Gasteiger partial charge in [-0.3, -0.25) is 4.79 Å². The summed E-state index contributed by atoms with van der Waals surface area (Å²) in [5.41, 5.74) is 0.475. The zero-order valence-corrected chi connectivity index (χ0v) is 14.8. The van der Waals surface area contributed by atoms with E-state index in [2.05, 4.69) is 5.32 Å². The molecule has 2 aliphatic rings. The summed E-state index contributed by atoms with van der Waals surface area (Å²) in [7, 11) is 1.72. The van der Waals surface area contributed by atoms with E-state index in [0.29, 0.717) is 18.7 Å². The molecule has 1 amide bonds. The Hall–Kier alpha value is -1.66. The molecule has 25 heavy (non-hydrogen) atoms. The Balaban J connectivity index is 1.89. The SMILES string of the molecule is CO[C@@H]1CCCN2C(=O)c3ccc(F)c(c3)OCCNCCCC[C@H]12. The lowest BCUT2D eigenvalue weighted by Crippen LogP contribution is -2.51. The van der Waals surface area contributed by atoms with E-state index >= 15 is 0 Å². The zero-order chi connectivity index (χ0) is 17.6. The first kappa shape index (κ1) is 18.1. The highest BCUT2D eigenvalue weighted by Gasteiger charge is 2.34. The molecule has 3 rings (SSSR count). The first-order valence-electron chi connectivity index (χ1n) is 9.17. The number of hydrogen-bond acceptors (Lipinski definition) is 4. The summed E-state index contributed by atoms with van der Waals surface area (Å²) in [6.45, 7) is 2.65. The van der Waals surface area contributed by atoms with E-state index in [0.717, 1.165) is 45.2 Å². The van der Waals surface area contributed by atoms with E-state index in [4.69, 9.17) is 9.47 Å². The van der Waals surface area contributed by atoms with E-state index in [9.17, 15) is 9.18 Å². The molecule has 0 aliphatic carbocycles. The topological polar surface area (TPSA) is 50.8 Å². The average Bonchev–Trinajstić information content (AvgIpc) is 2.64. The Bertz CT molecular complexity index is 596. The first-order valence-corrected chi connectivity index (χ1v) is 9.17. The highest BCUT2D eigenvalue weighted by molar-refractivity contribution is 5.95. The van der Waals surface area contributed by atoms with Crippen molar-refractivity contribution in [3.05, 3.63) is 29.6 Å². The van der Waals surface area contributed by atoms with Gasteiger partial charge in [-0.1, -0.05) is 6.42 Å². The van der Waals surface area contributed by atoms with Crippen LogP contribution in [-0.4, -0.2) is 56.3 Å².